The molecule has 0 aliphatic heterocycles. The standard InChI is InChI=1S/C36H41N3O4S/c1-5-29(4)37-36(41)34(24-30-15-8-6-9-16-30)38(25-31-17-13-12-14-28(31)3)35(40)26-39(32-22-20-27(2)21-23-32)44(42,43)33-18-10-7-11-19-33/h6-23,29,34H,5,24-26H2,1-4H3,(H,37,41)/t29-,34-/m1/s1. The lowest BCUT2D eigenvalue weighted by atomic mass is 10.0. The minimum Gasteiger partial charge on any atom is -0.352 e. The Hall–Kier alpha value is -4.43. The van der Waals surface area contributed by atoms with Crippen molar-refractivity contribution < 1.29 is 18.0 Å². The maximum absolute atomic E-state index is 14.5. The Bertz CT molecular complexity index is 1640. The molecule has 0 unspecified atom stereocenters. The van der Waals surface area contributed by atoms with Gasteiger partial charge < -0.3 is 10.2 Å². The summed E-state index contributed by atoms with van der Waals surface area (Å²) in [4.78, 5) is 30.0. The molecule has 7 nitrogen and oxygen atoms in total. The smallest absolute Gasteiger partial charge is 0.264 e. The molecule has 0 aliphatic carbocycles. The zero-order valence-electron chi connectivity index (χ0n) is 25.8. The highest BCUT2D eigenvalue weighted by molar-refractivity contribution is 7.92. The van der Waals surface area contributed by atoms with Gasteiger partial charge in [-0.1, -0.05) is 97.4 Å². The van der Waals surface area contributed by atoms with E-state index in [1.54, 1.807) is 30.3 Å². The van der Waals surface area contributed by atoms with Gasteiger partial charge >= 0.3 is 0 Å². The fourth-order valence-electron chi connectivity index (χ4n) is 4.93. The lowest BCUT2D eigenvalue weighted by Crippen LogP contribution is -2.54. The number of carbonyl (C=O) groups is 2. The summed E-state index contributed by atoms with van der Waals surface area (Å²) in [7, 11) is -4.12. The van der Waals surface area contributed by atoms with Gasteiger partial charge in [-0.25, -0.2) is 8.42 Å². The predicted octanol–water partition coefficient (Wildman–Crippen LogP) is 6.05. The van der Waals surface area contributed by atoms with Gasteiger partial charge in [-0.3, -0.25) is 13.9 Å². The highest BCUT2D eigenvalue weighted by Crippen LogP contribution is 2.26. The van der Waals surface area contributed by atoms with Crippen LogP contribution < -0.4 is 9.62 Å². The molecule has 0 aromatic heterocycles. The molecule has 0 heterocycles. The molecular weight excluding hydrogens is 570 g/mol. The van der Waals surface area contributed by atoms with Crippen molar-refractivity contribution in [2.24, 2.45) is 0 Å². The zero-order chi connectivity index (χ0) is 31.7. The van der Waals surface area contributed by atoms with E-state index in [9.17, 15) is 18.0 Å². The summed E-state index contributed by atoms with van der Waals surface area (Å²) in [6.45, 7) is 7.46. The fourth-order valence-corrected chi connectivity index (χ4v) is 6.36. The minimum atomic E-state index is -4.12. The Morgan fingerprint density at radius 2 is 1.39 bits per heavy atom. The number of aryl methyl sites for hydroxylation is 2. The van der Waals surface area contributed by atoms with E-state index >= 15 is 0 Å². The molecule has 0 saturated heterocycles. The molecule has 230 valence electrons. The molecule has 0 fully saturated rings. The molecule has 0 radical (unpaired) electrons. The van der Waals surface area contributed by atoms with Gasteiger partial charge in [0.05, 0.1) is 10.6 Å². The third-order valence-corrected chi connectivity index (χ3v) is 9.59. The largest absolute Gasteiger partial charge is 0.352 e. The number of hydrogen-bond acceptors (Lipinski definition) is 4. The first-order valence-electron chi connectivity index (χ1n) is 14.9. The van der Waals surface area contributed by atoms with E-state index in [2.05, 4.69) is 5.32 Å². The van der Waals surface area contributed by atoms with Gasteiger partial charge in [0.15, 0.2) is 0 Å². The zero-order valence-corrected chi connectivity index (χ0v) is 26.6. The number of sulfonamides is 1. The molecule has 2 atom stereocenters. The minimum absolute atomic E-state index is 0.0779. The van der Waals surface area contributed by atoms with Crippen molar-refractivity contribution in [1.82, 2.24) is 10.2 Å². The highest BCUT2D eigenvalue weighted by atomic mass is 32.2. The molecule has 8 heteroatoms. The third-order valence-electron chi connectivity index (χ3n) is 7.81. The number of rotatable bonds is 13. The summed E-state index contributed by atoms with van der Waals surface area (Å²) in [5, 5.41) is 3.07. The Kier molecular flexibility index (Phi) is 11.0. The van der Waals surface area contributed by atoms with Gasteiger partial charge in [-0.2, -0.15) is 0 Å². The second-order valence-corrected chi connectivity index (χ2v) is 13.0. The molecule has 4 aromatic rings. The average Bonchev–Trinajstić information content (AvgIpc) is 3.03. The number of nitrogens with zero attached hydrogens (tertiary/aromatic N) is 2. The topological polar surface area (TPSA) is 86.8 Å². The van der Waals surface area contributed by atoms with Crippen molar-refractivity contribution in [1.29, 1.82) is 0 Å². The molecule has 0 spiro atoms. The van der Waals surface area contributed by atoms with Crippen LogP contribution in [0.25, 0.3) is 0 Å². The van der Waals surface area contributed by atoms with Gasteiger partial charge in [0.2, 0.25) is 11.8 Å². The fraction of sp³-hybridized carbons (Fsp3) is 0.278. The van der Waals surface area contributed by atoms with E-state index in [4.69, 9.17) is 0 Å². The van der Waals surface area contributed by atoms with Gasteiger partial charge in [-0.05, 0) is 68.1 Å². The summed E-state index contributed by atoms with van der Waals surface area (Å²) in [6.07, 6.45) is 1.00. The summed E-state index contributed by atoms with van der Waals surface area (Å²) < 4.78 is 29.2. The monoisotopic (exact) mass is 611 g/mol. The molecule has 1 N–H and O–H groups in total. The van der Waals surface area contributed by atoms with Crippen LogP contribution in [-0.2, 0) is 32.6 Å². The quantitative estimate of drug-likeness (QED) is 0.199. The van der Waals surface area contributed by atoms with Crippen LogP contribution in [0.4, 0.5) is 5.69 Å². The lowest BCUT2D eigenvalue weighted by Gasteiger charge is -2.34. The second kappa shape index (κ2) is 14.8. The number of nitrogens with one attached hydrogen (secondary N) is 1. The van der Waals surface area contributed by atoms with Crippen LogP contribution in [0.5, 0.6) is 0 Å². The van der Waals surface area contributed by atoms with Crippen LogP contribution >= 0.6 is 0 Å². The van der Waals surface area contributed by atoms with Crippen LogP contribution in [0.15, 0.2) is 114 Å². The Balaban J connectivity index is 1.80. The summed E-state index contributed by atoms with van der Waals surface area (Å²) in [5.74, 6) is -0.758. The number of benzene rings is 4. The van der Waals surface area contributed by atoms with Gasteiger partial charge in [0, 0.05) is 19.0 Å². The Labute approximate surface area is 261 Å². The molecular formula is C36H41N3O4S. The van der Waals surface area contributed by atoms with E-state index in [0.717, 1.165) is 33.0 Å². The molecule has 44 heavy (non-hydrogen) atoms. The first-order valence-corrected chi connectivity index (χ1v) is 16.4. The summed E-state index contributed by atoms with van der Waals surface area (Å²) in [6, 6.07) is 31.4. The van der Waals surface area contributed by atoms with Crippen molar-refractivity contribution >= 4 is 27.5 Å². The molecule has 0 bridgehead atoms. The van der Waals surface area contributed by atoms with Crippen molar-refractivity contribution in [2.45, 2.75) is 64.1 Å². The van der Waals surface area contributed by atoms with Crippen LogP contribution in [0, 0.1) is 13.8 Å². The van der Waals surface area contributed by atoms with Gasteiger partial charge in [0.25, 0.3) is 10.0 Å². The first-order chi connectivity index (χ1) is 21.1. The van der Waals surface area contributed by atoms with Crippen LogP contribution in [-0.4, -0.2) is 43.8 Å². The molecule has 4 rings (SSSR count). The van der Waals surface area contributed by atoms with E-state index in [-0.39, 0.29) is 29.8 Å². The van der Waals surface area contributed by atoms with Crippen LogP contribution in [0.1, 0.15) is 42.5 Å². The molecule has 4 aromatic carbocycles. The maximum Gasteiger partial charge on any atom is 0.264 e. The second-order valence-electron chi connectivity index (χ2n) is 11.1. The summed E-state index contributed by atoms with van der Waals surface area (Å²) >= 11 is 0. The van der Waals surface area contributed by atoms with E-state index in [1.807, 2.05) is 94.4 Å². The SMILES string of the molecule is CC[C@@H](C)NC(=O)[C@@H](Cc1ccccc1)N(Cc1ccccc1C)C(=O)CN(c1ccc(C)cc1)S(=O)(=O)c1ccccc1. The molecule has 2 amide bonds. The number of amides is 2. The molecule has 0 aliphatic rings. The number of carbonyl (C=O) groups excluding carboxylic acids is 2. The van der Waals surface area contributed by atoms with E-state index in [1.165, 1.54) is 17.0 Å². The normalized spacial score (nSPS) is 12.6. The van der Waals surface area contributed by atoms with E-state index < -0.39 is 28.5 Å². The number of hydrogen-bond donors (Lipinski definition) is 1. The van der Waals surface area contributed by atoms with Gasteiger partial charge in [0.1, 0.15) is 12.6 Å². The van der Waals surface area contributed by atoms with Crippen molar-refractivity contribution in [2.75, 3.05) is 10.8 Å². The predicted molar refractivity (Wildman–Crippen MR) is 176 cm³/mol. The van der Waals surface area contributed by atoms with Crippen molar-refractivity contribution in [3.63, 3.8) is 0 Å². The maximum atomic E-state index is 14.5. The summed E-state index contributed by atoms with van der Waals surface area (Å²) in [5.41, 5.74) is 4.07. The van der Waals surface area contributed by atoms with Crippen molar-refractivity contribution in [3.8, 4) is 0 Å². The van der Waals surface area contributed by atoms with Crippen LogP contribution in [0.2, 0.25) is 0 Å². The van der Waals surface area contributed by atoms with Gasteiger partial charge in [-0.15, -0.1) is 0 Å². The average molecular weight is 612 g/mol. The van der Waals surface area contributed by atoms with Crippen LogP contribution in [0.3, 0.4) is 0 Å². The number of anilines is 1. The van der Waals surface area contributed by atoms with E-state index in [0.29, 0.717) is 5.69 Å². The highest BCUT2D eigenvalue weighted by Gasteiger charge is 2.35. The lowest BCUT2D eigenvalue weighted by molar-refractivity contribution is -0.140. The first kappa shape index (κ1) is 32.5. The third kappa shape index (κ3) is 8.14. The Morgan fingerprint density at radius 3 is 2.00 bits per heavy atom. The molecule has 0 saturated carbocycles. The Morgan fingerprint density at radius 1 is 0.795 bits per heavy atom. The van der Waals surface area contributed by atoms with Crippen molar-refractivity contribution in [3.05, 3.63) is 131 Å².